The molecular formula is C10H9IN2O2S. The molecule has 0 spiro atoms. The second-order valence-electron chi connectivity index (χ2n) is 2.94. The van der Waals surface area contributed by atoms with Crippen LogP contribution in [0, 0.1) is 3.83 Å². The molecule has 0 N–H and O–H groups in total. The third-order valence-electron chi connectivity index (χ3n) is 2.03. The van der Waals surface area contributed by atoms with Crippen LogP contribution in [0.15, 0.2) is 18.2 Å². The van der Waals surface area contributed by atoms with E-state index < -0.39 is 0 Å². The maximum Gasteiger partial charge on any atom is 0.203 e. The molecule has 0 saturated carbocycles. The van der Waals surface area contributed by atoms with E-state index >= 15 is 0 Å². The van der Waals surface area contributed by atoms with Gasteiger partial charge in [0.25, 0.3) is 0 Å². The summed E-state index contributed by atoms with van der Waals surface area (Å²) in [4.78, 5) is 4.31. The fourth-order valence-electron chi connectivity index (χ4n) is 1.29. The molecule has 0 unspecified atom stereocenters. The molecule has 0 aliphatic heterocycles. The van der Waals surface area contributed by atoms with E-state index in [9.17, 15) is 0 Å². The Morgan fingerprint density at radius 2 is 1.94 bits per heavy atom. The first-order valence-corrected chi connectivity index (χ1v) is 6.31. The predicted molar refractivity (Wildman–Crippen MR) is 71.2 cm³/mol. The Hall–Kier alpha value is -0.890. The lowest BCUT2D eigenvalue weighted by atomic mass is 10.2. The van der Waals surface area contributed by atoms with Gasteiger partial charge in [0.05, 0.1) is 14.2 Å². The minimum atomic E-state index is 0.699. The van der Waals surface area contributed by atoms with E-state index in [4.69, 9.17) is 9.47 Å². The van der Waals surface area contributed by atoms with Crippen LogP contribution in [0.25, 0.3) is 10.6 Å². The number of nitrogens with zero attached hydrogens (tertiary/aromatic N) is 2. The fraction of sp³-hybridized carbons (Fsp3) is 0.200. The van der Waals surface area contributed by atoms with E-state index in [1.807, 2.05) is 18.2 Å². The second kappa shape index (κ2) is 4.96. The minimum absolute atomic E-state index is 0.699. The summed E-state index contributed by atoms with van der Waals surface area (Å²) in [6, 6.07) is 5.70. The zero-order chi connectivity index (χ0) is 11.5. The monoisotopic (exact) mass is 348 g/mol. The standard InChI is InChI=1S/C10H9IN2O2S/c1-14-7-4-3-6(5-8(7)15-2)9-12-10(11)13-16-9/h3-5H,1-2H3. The quantitative estimate of drug-likeness (QED) is 0.801. The smallest absolute Gasteiger partial charge is 0.203 e. The van der Waals surface area contributed by atoms with Gasteiger partial charge < -0.3 is 9.47 Å². The molecule has 2 aromatic rings. The summed E-state index contributed by atoms with van der Waals surface area (Å²) >= 11 is 3.46. The third-order valence-corrected chi connectivity index (χ3v) is 3.61. The molecule has 16 heavy (non-hydrogen) atoms. The molecule has 2 rings (SSSR count). The van der Waals surface area contributed by atoms with Crippen LogP contribution in [-0.2, 0) is 0 Å². The zero-order valence-electron chi connectivity index (χ0n) is 8.73. The minimum Gasteiger partial charge on any atom is -0.493 e. The van der Waals surface area contributed by atoms with Crippen molar-refractivity contribution < 1.29 is 9.47 Å². The van der Waals surface area contributed by atoms with Crippen LogP contribution in [0.2, 0.25) is 0 Å². The number of halogens is 1. The summed E-state index contributed by atoms with van der Waals surface area (Å²) in [6.45, 7) is 0. The van der Waals surface area contributed by atoms with E-state index in [1.54, 1.807) is 14.2 Å². The van der Waals surface area contributed by atoms with E-state index in [0.29, 0.717) is 11.5 Å². The van der Waals surface area contributed by atoms with E-state index in [0.717, 1.165) is 14.4 Å². The van der Waals surface area contributed by atoms with Crippen LogP contribution in [0.5, 0.6) is 11.5 Å². The van der Waals surface area contributed by atoms with Crippen LogP contribution < -0.4 is 9.47 Å². The molecule has 0 aliphatic rings. The summed E-state index contributed by atoms with van der Waals surface area (Å²) in [6.07, 6.45) is 0. The van der Waals surface area contributed by atoms with Crippen LogP contribution in [0.4, 0.5) is 0 Å². The first kappa shape index (κ1) is 11.6. The Bertz CT molecular complexity index is 501. The molecule has 84 valence electrons. The summed E-state index contributed by atoms with van der Waals surface area (Å²) in [5.41, 5.74) is 0.984. The second-order valence-corrected chi connectivity index (χ2v) is 4.66. The van der Waals surface area contributed by atoms with Crippen molar-refractivity contribution >= 4 is 34.1 Å². The molecule has 0 aliphatic carbocycles. The number of hydrogen-bond acceptors (Lipinski definition) is 5. The lowest BCUT2D eigenvalue weighted by Gasteiger charge is -2.07. The van der Waals surface area contributed by atoms with Crippen molar-refractivity contribution in [3.63, 3.8) is 0 Å². The summed E-state index contributed by atoms with van der Waals surface area (Å²) in [7, 11) is 3.23. The largest absolute Gasteiger partial charge is 0.493 e. The topological polar surface area (TPSA) is 44.2 Å². The first-order valence-electron chi connectivity index (χ1n) is 4.46. The van der Waals surface area contributed by atoms with Crippen molar-refractivity contribution in [3.05, 3.63) is 22.0 Å². The SMILES string of the molecule is COc1ccc(-c2nc(I)ns2)cc1OC. The number of methoxy groups -OCH3 is 2. The molecule has 0 atom stereocenters. The van der Waals surface area contributed by atoms with Crippen molar-refractivity contribution in [1.29, 1.82) is 0 Å². The molecule has 0 radical (unpaired) electrons. The van der Waals surface area contributed by atoms with Crippen LogP contribution in [-0.4, -0.2) is 23.6 Å². The maximum absolute atomic E-state index is 5.23. The number of hydrogen-bond donors (Lipinski definition) is 0. The van der Waals surface area contributed by atoms with Gasteiger partial charge >= 0.3 is 0 Å². The molecule has 0 fully saturated rings. The fourth-order valence-corrected chi connectivity index (χ4v) is 2.55. The highest BCUT2D eigenvalue weighted by atomic mass is 127. The van der Waals surface area contributed by atoms with Gasteiger partial charge in [-0.15, -0.1) is 0 Å². The van der Waals surface area contributed by atoms with Gasteiger partial charge in [0.15, 0.2) is 11.5 Å². The van der Waals surface area contributed by atoms with E-state index in [2.05, 4.69) is 31.9 Å². The highest BCUT2D eigenvalue weighted by Gasteiger charge is 2.09. The van der Waals surface area contributed by atoms with Gasteiger partial charge in [-0.2, -0.15) is 4.37 Å². The Morgan fingerprint density at radius 1 is 1.19 bits per heavy atom. The molecule has 0 amide bonds. The van der Waals surface area contributed by atoms with Crippen molar-refractivity contribution in [3.8, 4) is 22.1 Å². The highest BCUT2D eigenvalue weighted by Crippen LogP contribution is 2.32. The molecule has 1 aromatic carbocycles. The van der Waals surface area contributed by atoms with Crippen molar-refractivity contribution in [2.24, 2.45) is 0 Å². The molecule has 0 bridgehead atoms. The van der Waals surface area contributed by atoms with Crippen LogP contribution in [0.3, 0.4) is 0 Å². The van der Waals surface area contributed by atoms with E-state index in [-0.39, 0.29) is 0 Å². The van der Waals surface area contributed by atoms with Crippen molar-refractivity contribution in [2.45, 2.75) is 0 Å². The zero-order valence-corrected chi connectivity index (χ0v) is 11.7. The lowest BCUT2D eigenvalue weighted by molar-refractivity contribution is 0.355. The molecule has 1 heterocycles. The number of ether oxygens (including phenoxy) is 2. The highest BCUT2D eigenvalue weighted by molar-refractivity contribution is 14.1. The van der Waals surface area contributed by atoms with Gasteiger partial charge in [0.2, 0.25) is 3.83 Å². The molecule has 1 aromatic heterocycles. The summed E-state index contributed by atoms with van der Waals surface area (Å²) < 4.78 is 15.3. The summed E-state index contributed by atoms with van der Waals surface area (Å²) in [5, 5.41) is 0.880. The van der Waals surface area contributed by atoms with Gasteiger partial charge in [-0.1, -0.05) is 0 Å². The van der Waals surface area contributed by atoms with Crippen molar-refractivity contribution in [2.75, 3.05) is 14.2 Å². The number of aromatic nitrogens is 2. The Kier molecular flexibility index (Phi) is 3.59. The molecule has 0 saturated heterocycles. The van der Waals surface area contributed by atoms with Crippen LogP contribution in [0.1, 0.15) is 0 Å². The number of benzene rings is 1. The van der Waals surface area contributed by atoms with E-state index in [1.165, 1.54) is 11.5 Å². The normalized spacial score (nSPS) is 10.2. The van der Waals surface area contributed by atoms with Gasteiger partial charge in [-0.25, -0.2) is 4.98 Å². The maximum atomic E-state index is 5.23. The molecular weight excluding hydrogens is 339 g/mol. The Labute approximate surface area is 111 Å². The van der Waals surface area contributed by atoms with Gasteiger partial charge in [0, 0.05) is 28.2 Å². The first-order chi connectivity index (χ1) is 7.74. The van der Waals surface area contributed by atoms with Gasteiger partial charge in [0.1, 0.15) is 5.01 Å². The predicted octanol–water partition coefficient (Wildman–Crippen LogP) is 2.83. The summed E-state index contributed by atoms with van der Waals surface area (Å²) in [5.74, 6) is 1.41. The molecule has 6 heteroatoms. The van der Waals surface area contributed by atoms with Crippen LogP contribution >= 0.6 is 34.1 Å². The Balaban J connectivity index is 2.43. The Morgan fingerprint density at radius 3 is 2.50 bits per heavy atom. The number of rotatable bonds is 3. The lowest BCUT2D eigenvalue weighted by Crippen LogP contribution is -1.90. The average molecular weight is 348 g/mol. The van der Waals surface area contributed by atoms with Gasteiger partial charge in [-0.3, -0.25) is 0 Å². The molecule has 4 nitrogen and oxygen atoms in total. The average Bonchev–Trinajstić information content (AvgIpc) is 2.75. The van der Waals surface area contributed by atoms with Gasteiger partial charge in [-0.05, 0) is 29.7 Å². The third kappa shape index (κ3) is 2.27. The van der Waals surface area contributed by atoms with Crippen molar-refractivity contribution in [1.82, 2.24) is 9.36 Å².